The predicted molar refractivity (Wildman–Crippen MR) is 106 cm³/mol. The maximum atomic E-state index is 12.5. The molecule has 1 fully saturated rings. The molecule has 0 bridgehead atoms. The molecule has 2 aliphatic rings. The molecule has 2 heterocycles. The summed E-state index contributed by atoms with van der Waals surface area (Å²) >= 11 is 0. The Morgan fingerprint density at radius 3 is 2.37 bits per heavy atom. The summed E-state index contributed by atoms with van der Waals surface area (Å²) in [4.78, 5) is 49.9. The van der Waals surface area contributed by atoms with Gasteiger partial charge in [-0.05, 0) is 51.0 Å². The van der Waals surface area contributed by atoms with E-state index in [-0.39, 0.29) is 17.9 Å². The first-order valence-electron chi connectivity index (χ1n) is 9.48. The molecule has 0 atom stereocenters. The summed E-state index contributed by atoms with van der Waals surface area (Å²) in [6.07, 6.45) is 1.08. The lowest BCUT2D eigenvalue weighted by molar-refractivity contribution is -0.222. The molecular weight excluding hydrogens is 392 g/mol. The van der Waals surface area contributed by atoms with Gasteiger partial charge in [-0.15, -0.1) is 0 Å². The van der Waals surface area contributed by atoms with Crippen LogP contribution in [0.3, 0.4) is 0 Å². The Labute approximate surface area is 174 Å². The van der Waals surface area contributed by atoms with Crippen LogP contribution in [0.5, 0.6) is 0 Å². The number of esters is 2. The molecule has 1 aromatic rings. The van der Waals surface area contributed by atoms with E-state index in [4.69, 9.17) is 14.2 Å². The van der Waals surface area contributed by atoms with Crippen LogP contribution in [0.2, 0.25) is 0 Å². The fraction of sp³-hybridized carbons (Fsp3) is 0.429. The van der Waals surface area contributed by atoms with Crippen LogP contribution in [0.15, 0.2) is 30.0 Å². The van der Waals surface area contributed by atoms with Gasteiger partial charge in [-0.2, -0.15) is 0 Å². The summed E-state index contributed by atoms with van der Waals surface area (Å²) in [7, 11) is 0. The van der Waals surface area contributed by atoms with Crippen molar-refractivity contribution in [3.8, 4) is 0 Å². The summed E-state index contributed by atoms with van der Waals surface area (Å²) in [6, 6.07) is 4.96. The molecule has 0 radical (unpaired) electrons. The van der Waals surface area contributed by atoms with Gasteiger partial charge in [0, 0.05) is 32.2 Å². The molecule has 1 N–H and O–H groups in total. The predicted octanol–water partition coefficient (Wildman–Crippen LogP) is 3.03. The molecule has 1 saturated heterocycles. The van der Waals surface area contributed by atoms with Crippen molar-refractivity contribution < 1.29 is 33.4 Å². The van der Waals surface area contributed by atoms with Crippen molar-refractivity contribution >= 4 is 35.3 Å². The van der Waals surface area contributed by atoms with E-state index in [2.05, 4.69) is 5.32 Å². The first kappa shape index (κ1) is 21.4. The average molecular weight is 416 g/mol. The van der Waals surface area contributed by atoms with Crippen LogP contribution in [-0.2, 0) is 35.0 Å². The van der Waals surface area contributed by atoms with E-state index in [0.29, 0.717) is 17.8 Å². The Morgan fingerprint density at radius 2 is 1.77 bits per heavy atom. The van der Waals surface area contributed by atoms with Gasteiger partial charge in [-0.1, -0.05) is 0 Å². The van der Waals surface area contributed by atoms with Crippen LogP contribution in [0, 0.1) is 0 Å². The second-order valence-corrected chi connectivity index (χ2v) is 8.43. The van der Waals surface area contributed by atoms with E-state index in [9.17, 15) is 19.2 Å². The maximum absolute atomic E-state index is 12.5. The third kappa shape index (κ3) is 4.61. The normalized spacial score (nSPS) is 18.2. The van der Waals surface area contributed by atoms with Gasteiger partial charge in [0.1, 0.15) is 5.60 Å². The lowest BCUT2D eigenvalue weighted by Crippen LogP contribution is -2.43. The number of nitrogens with zero attached hydrogens (tertiary/aromatic N) is 1. The Balaban J connectivity index is 1.81. The molecule has 9 nitrogen and oxygen atoms in total. The third-order valence-electron chi connectivity index (χ3n) is 4.25. The number of nitrogens with one attached hydrogen (secondary N) is 1. The molecule has 0 aliphatic carbocycles. The molecule has 30 heavy (non-hydrogen) atoms. The van der Waals surface area contributed by atoms with Gasteiger partial charge in [0.25, 0.3) is 5.79 Å². The topological polar surface area (TPSA) is 111 Å². The fourth-order valence-corrected chi connectivity index (χ4v) is 3.02. The lowest BCUT2D eigenvalue weighted by atomic mass is 10.0. The number of rotatable bonds is 2. The zero-order valence-corrected chi connectivity index (χ0v) is 17.5. The van der Waals surface area contributed by atoms with Gasteiger partial charge >= 0.3 is 18.0 Å². The van der Waals surface area contributed by atoms with Crippen molar-refractivity contribution in [1.82, 2.24) is 0 Å². The summed E-state index contributed by atoms with van der Waals surface area (Å²) in [5.41, 5.74) is 0.749. The number of carbonyl (C=O) groups excluding carboxylic acids is 4. The van der Waals surface area contributed by atoms with Crippen LogP contribution in [0.25, 0.3) is 0 Å². The molecule has 2 aliphatic heterocycles. The number of amides is 2. The minimum absolute atomic E-state index is 0.157. The zero-order valence-electron chi connectivity index (χ0n) is 17.5. The van der Waals surface area contributed by atoms with Crippen LogP contribution in [0.4, 0.5) is 16.2 Å². The van der Waals surface area contributed by atoms with Crippen molar-refractivity contribution in [2.45, 2.75) is 58.8 Å². The number of carbonyl (C=O) groups is 4. The van der Waals surface area contributed by atoms with E-state index in [1.54, 1.807) is 39.0 Å². The molecule has 1 aromatic carbocycles. The van der Waals surface area contributed by atoms with Crippen LogP contribution >= 0.6 is 0 Å². The molecule has 160 valence electrons. The summed E-state index contributed by atoms with van der Waals surface area (Å²) in [5, 5.41) is 2.86. The van der Waals surface area contributed by atoms with Gasteiger partial charge in [0.15, 0.2) is 5.57 Å². The van der Waals surface area contributed by atoms with Gasteiger partial charge in [0.05, 0.1) is 5.69 Å². The Morgan fingerprint density at radius 1 is 1.13 bits per heavy atom. The van der Waals surface area contributed by atoms with Gasteiger partial charge < -0.3 is 19.5 Å². The number of fused-ring (bicyclic) bond motifs is 1. The molecule has 0 aromatic heterocycles. The molecule has 0 unspecified atom stereocenters. The standard InChI is InChI=1S/C21H24N2O7/c1-20(2,3)30-19(27)23-15-8-7-13(10-12(15)6-9-16(23)24)22-11-14-17(25)28-21(4,5)29-18(14)26/h7-8,10-11,22H,6,9H2,1-5H3. The quantitative estimate of drug-likeness (QED) is 0.445. The molecule has 3 rings (SSSR count). The van der Waals surface area contributed by atoms with E-state index >= 15 is 0 Å². The highest BCUT2D eigenvalue weighted by Gasteiger charge is 2.39. The average Bonchev–Trinajstić information content (AvgIpc) is 2.58. The summed E-state index contributed by atoms with van der Waals surface area (Å²) in [6.45, 7) is 8.11. The molecule has 9 heteroatoms. The highest BCUT2D eigenvalue weighted by atomic mass is 16.7. The molecule has 0 spiro atoms. The molecule has 0 saturated carbocycles. The fourth-order valence-electron chi connectivity index (χ4n) is 3.02. The van der Waals surface area contributed by atoms with Crippen molar-refractivity contribution in [3.05, 3.63) is 35.5 Å². The second kappa shape index (κ2) is 7.47. The minimum atomic E-state index is -1.31. The molecular formula is C21H24N2O7. The van der Waals surface area contributed by atoms with Gasteiger partial charge in [0.2, 0.25) is 5.91 Å². The van der Waals surface area contributed by atoms with E-state index in [0.717, 1.165) is 10.5 Å². The summed E-state index contributed by atoms with van der Waals surface area (Å²) in [5.74, 6) is -3.23. The second-order valence-electron chi connectivity index (χ2n) is 8.43. The molecule has 2 amide bonds. The number of hydrogen-bond acceptors (Lipinski definition) is 8. The maximum Gasteiger partial charge on any atom is 0.421 e. The van der Waals surface area contributed by atoms with Crippen molar-refractivity contribution in [1.29, 1.82) is 0 Å². The number of cyclic esters (lactones) is 2. The largest absolute Gasteiger partial charge is 0.443 e. The van der Waals surface area contributed by atoms with Crippen LogP contribution < -0.4 is 10.2 Å². The van der Waals surface area contributed by atoms with Crippen molar-refractivity contribution in [2.75, 3.05) is 10.2 Å². The van der Waals surface area contributed by atoms with Crippen molar-refractivity contribution in [2.24, 2.45) is 0 Å². The van der Waals surface area contributed by atoms with Crippen molar-refractivity contribution in [3.63, 3.8) is 0 Å². The highest BCUT2D eigenvalue weighted by Crippen LogP contribution is 2.32. The SMILES string of the molecule is CC(C)(C)OC(=O)N1C(=O)CCc2cc(NC=C3C(=O)OC(C)(C)OC3=O)ccc21. The monoisotopic (exact) mass is 416 g/mol. The number of hydrogen-bond donors (Lipinski definition) is 1. The number of imide groups is 1. The highest BCUT2D eigenvalue weighted by molar-refractivity contribution is 6.16. The zero-order chi connectivity index (χ0) is 22.3. The summed E-state index contributed by atoms with van der Waals surface area (Å²) < 4.78 is 15.4. The van der Waals surface area contributed by atoms with Gasteiger partial charge in [-0.3, -0.25) is 4.79 Å². The van der Waals surface area contributed by atoms with Crippen LogP contribution in [-0.4, -0.2) is 35.3 Å². The number of ether oxygens (including phenoxy) is 3. The Hall–Kier alpha value is -3.36. The Kier molecular flexibility index (Phi) is 5.32. The number of anilines is 2. The minimum Gasteiger partial charge on any atom is -0.443 e. The number of aryl methyl sites for hydroxylation is 1. The lowest BCUT2D eigenvalue weighted by Gasteiger charge is -2.30. The smallest absolute Gasteiger partial charge is 0.421 e. The first-order valence-corrected chi connectivity index (χ1v) is 9.48. The van der Waals surface area contributed by atoms with Gasteiger partial charge in [-0.25, -0.2) is 19.3 Å². The number of benzene rings is 1. The third-order valence-corrected chi connectivity index (χ3v) is 4.25. The Bertz CT molecular complexity index is 935. The van der Waals surface area contributed by atoms with E-state index in [1.807, 2.05) is 0 Å². The van der Waals surface area contributed by atoms with Crippen LogP contribution in [0.1, 0.15) is 46.6 Å². The van der Waals surface area contributed by atoms with E-state index < -0.39 is 29.4 Å². The first-order chi connectivity index (χ1) is 13.9. The van der Waals surface area contributed by atoms with E-state index in [1.165, 1.54) is 20.0 Å².